The topological polar surface area (TPSA) is 73.6 Å². The van der Waals surface area contributed by atoms with Crippen molar-refractivity contribution in [1.82, 2.24) is 5.32 Å². The van der Waals surface area contributed by atoms with Crippen LogP contribution in [0.4, 0.5) is 22.0 Å². The number of para-hydroxylation sites is 2. The van der Waals surface area contributed by atoms with E-state index in [1.165, 1.54) is 24.3 Å². The summed E-state index contributed by atoms with van der Waals surface area (Å²) in [5.74, 6) is -4.45. The number of amides is 1. The Morgan fingerprint density at radius 3 is 2.12 bits per heavy atom. The monoisotopic (exact) mass is 378 g/mol. The number of hydrogen-bond donors (Lipinski definition) is 2. The third kappa shape index (κ3) is 8.73. The molecular weight excluding hydrogens is 363 g/mol. The summed E-state index contributed by atoms with van der Waals surface area (Å²) in [6.45, 7) is -4.07. The van der Waals surface area contributed by atoms with Crippen LogP contribution in [-0.2, 0) is 4.79 Å². The van der Waals surface area contributed by atoms with Gasteiger partial charge in [-0.25, -0.2) is 8.78 Å². The Kier molecular flexibility index (Phi) is 8.76. The standard InChI is InChI=1S/C13H15F5N2O3.ClH/c14-12(15,6-19)7-20-11(21)5-22-9-3-1-2-4-10(9)23-8-13(16,17)18;/h1-4H,5-8,19H2,(H,20,21);1H. The molecule has 0 spiro atoms. The second-order valence-electron chi connectivity index (χ2n) is 4.48. The summed E-state index contributed by atoms with van der Waals surface area (Å²) in [6, 6.07) is 5.38. The van der Waals surface area contributed by atoms with Crippen molar-refractivity contribution in [3.63, 3.8) is 0 Å². The van der Waals surface area contributed by atoms with Crippen molar-refractivity contribution in [2.75, 3.05) is 26.3 Å². The minimum Gasteiger partial charge on any atom is -0.480 e. The Morgan fingerprint density at radius 1 is 1.08 bits per heavy atom. The third-order valence-corrected chi connectivity index (χ3v) is 2.44. The maximum absolute atomic E-state index is 12.8. The quantitative estimate of drug-likeness (QED) is 0.680. The maximum atomic E-state index is 12.8. The Morgan fingerprint density at radius 2 is 1.62 bits per heavy atom. The molecule has 1 amide bonds. The van der Waals surface area contributed by atoms with Crippen LogP contribution in [-0.4, -0.2) is 44.3 Å². The van der Waals surface area contributed by atoms with Crippen LogP contribution >= 0.6 is 12.4 Å². The molecule has 1 aromatic rings. The van der Waals surface area contributed by atoms with E-state index < -0.39 is 44.3 Å². The van der Waals surface area contributed by atoms with Crippen molar-refractivity contribution in [2.24, 2.45) is 5.73 Å². The number of carbonyl (C=O) groups is 1. The fraction of sp³-hybridized carbons (Fsp3) is 0.462. The zero-order valence-electron chi connectivity index (χ0n) is 12.2. The summed E-state index contributed by atoms with van der Waals surface area (Å²) >= 11 is 0. The van der Waals surface area contributed by atoms with Crippen molar-refractivity contribution >= 4 is 18.3 Å². The van der Waals surface area contributed by atoms with Gasteiger partial charge in [0.2, 0.25) is 0 Å². The predicted molar refractivity (Wildman–Crippen MR) is 77.7 cm³/mol. The van der Waals surface area contributed by atoms with Crippen LogP contribution in [0.1, 0.15) is 0 Å². The van der Waals surface area contributed by atoms with E-state index in [-0.39, 0.29) is 23.9 Å². The molecule has 138 valence electrons. The lowest BCUT2D eigenvalue weighted by molar-refractivity contribution is -0.153. The Hall–Kier alpha value is -1.81. The van der Waals surface area contributed by atoms with Crippen LogP contribution < -0.4 is 20.5 Å². The van der Waals surface area contributed by atoms with E-state index in [1.54, 1.807) is 0 Å². The minimum atomic E-state index is -4.53. The van der Waals surface area contributed by atoms with E-state index in [0.29, 0.717) is 0 Å². The van der Waals surface area contributed by atoms with E-state index in [9.17, 15) is 26.7 Å². The van der Waals surface area contributed by atoms with Crippen LogP contribution in [0.15, 0.2) is 24.3 Å². The largest absolute Gasteiger partial charge is 0.480 e. The molecule has 0 fully saturated rings. The molecule has 0 bridgehead atoms. The van der Waals surface area contributed by atoms with Gasteiger partial charge in [0.15, 0.2) is 24.7 Å². The van der Waals surface area contributed by atoms with E-state index in [1.807, 2.05) is 5.32 Å². The van der Waals surface area contributed by atoms with Gasteiger partial charge in [-0.05, 0) is 12.1 Å². The average Bonchev–Trinajstić information content (AvgIpc) is 2.49. The molecule has 1 rings (SSSR count). The third-order valence-electron chi connectivity index (χ3n) is 2.44. The summed E-state index contributed by atoms with van der Waals surface area (Å²) in [6.07, 6.45) is -4.53. The lowest BCUT2D eigenvalue weighted by atomic mass is 10.3. The smallest absolute Gasteiger partial charge is 0.422 e. The van der Waals surface area contributed by atoms with Gasteiger partial charge in [-0.3, -0.25) is 4.79 Å². The summed E-state index contributed by atoms with van der Waals surface area (Å²) in [5.41, 5.74) is 4.80. The first-order valence-corrected chi connectivity index (χ1v) is 6.39. The van der Waals surface area contributed by atoms with Crippen molar-refractivity contribution < 1.29 is 36.2 Å². The molecule has 0 unspecified atom stereocenters. The zero-order chi connectivity index (χ0) is 17.5. The Labute approximate surface area is 140 Å². The first-order chi connectivity index (χ1) is 10.6. The predicted octanol–water partition coefficient (Wildman–Crippen LogP) is 2.14. The number of carbonyl (C=O) groups excluding carboxylic acids is 1. The normalized spacial score (nSPS) is 11.4. The molecule has 0 aromatic heterocycles. The molecule has 0 radical (unpaired) electrons. The van der Waals surface area contributed by atoms with Crippen molar-refractivity contribution in [3.8, 4) is 11.5 Å². The first-order valence-electron chi connectivity index (χ1n) is 6.39. The van der Waals surface area contributed by atoms with Crippen LogP contribution in [0.5, 0.6) is 11.5 Å². The molecule has 0 aliphatic rings. The molecule has 0 heterocycles. The summed E-state index contributed by atoms with van der Waals surface area (Å²) in [4.78, 5) is 11.4. The minimum absolute atomic E-state index is 0. The summed E-state index contributed by atoms with van der Waals surface area (Å²) in [5, 5.41) is 1.91. The highest BCUT2D eigenvalue weighted by atomic mass is 35.5. The number of hydrogen-bond acceptors (Lipinski definition) is 4. The highest BCUT2D eigenvalue weighted by molar-refractivity contribution is 5.85. The molecule has 0 atom stereocenters. The lowest BCUT2D eigenvalue weighted by Crippen LogP contribution is -2.43. The van der Waals surface area contributed by atoms with Crippen LogP contribution in [0.2, 0.25) is 0 Å². The molecular formula is C13H16ClF5N2O3. The maximum Gasteiger partial charge on any atom is 0.422 e. The van der Waals surface area contributed by atoms with Gasteiger partial charge in [0, 0.05) is 0 Å². The van der Waals surface area contributed by atoms with Gasteiger partial charge in [0.25, 0.3) is 11.8 Å². The number of benzene rings is 1. The Bertz CT molecular complexity index is 529. The number of halogens is 6. The fourth-order valence-corrected chi connectivity index (χ4v) is 1.34. The molecule has 5 nitrogen and oxygen atoms in total. The molecule has 1 aromatic carbocycles. The molecule has 24 heavy (non-hydrogen) atoms. The van der Waals surface area contributed by atoms with Crippen LogP contribution in [0.3, 0.4) is 0 Å². The van der Waals surface area contributed by atoms with Crippen LogP contribution in [0, 0.1) is 0 Å². The number of rotatable bonds is 8. The second-order valence-corrected chi connectivity index (χ2v) is 4.48. The number of nitrogens with one attached hydrogen (secondary N) is 1. The van der Waals surface area contributed by atoms with Crippen molar-refractivity contribution in [3.05, 3.63) is 24.3 Å². The summed E-state index contributed by atoms with van der Waals surface area (Å²) < 4.78 is 71.6. The average molecular weight is 379 g/mol. The number of alkyl halides is 5. The Balaban J connectivity index is 0.00000529. The van der Waals surface area contributed by atoms with E-state index in [4.69, 9.17) is 10.5 Å². The molecule has 0 aliphatic carbocycles. The van der Waals surface area contributed by atoms with Gasteiger partial charge in [-0.2, -0.15) is 13.2 Å². The summed E-state index contributed by atoms with van der Waals surface area (Å²) in [7, 11) is 0. The second kappa shape index (κ2) is 9.48. The van der Waals surface area contributed by atoms with Gasteiger partial charge in [-0.15, -0.1) is 12.4 Å². The van der Waals surface area contributed by atoms with Crippen molar-refractivity contribution in [1.29, 1.82) is 0 Å². The molecule has 0 saturated carbocycles. The molecule has 0 saturated heterocycles. The lowest BCUT2D eigenvalue weighted by Gasteiger charge is -2.16. The van der Waals surface area contributed by atoms with E-state index in [0.717, 1.165) is 0 Å². The SMILES string of the molecule is Cl.NCC(F)(F)CNC(=O)COc1ccccc1OCC(F)(F)F. The highest BCUT2D eigenvalue weighted by Gasteiger charge is 2.29. The van der Waals surface area contributed by atoms with Gasteiger partial charge in [0.05, 0.1) is 13.1 Å². The van der Waals surface area contributed by atoms with Gasteiger partial charge >= 0.3 is 6.18 Å². The van der Waals surface area contributed by atoms with Crippen LogP contribution in [0.25, 0.3) is 0 Å². The molecule has 0 aliphatic heterocycles. The molecule has 11 heteroatoms. The van der Waals surface area contributed by atoms with Gasteiger partial charge < -0.3 is 20.5 Å². The zero-order valence-corrected chi connectivity index (χ0v) is 13.1. The molecule has 3 N–H and O–H groups in total. The highest BCUT2D eigenvalue weighted by Crippen LogP contribution is 2.28. The number of nitrogens with two attached hydrogens (primary N) is 1. The van der Waals surface area contributed by atoms with Crippen molar-refractivity contribution in [2.45, 2.75) is 12.1 Å². The van der Waals surface area contributed by atoms with Gasteiger partial charge in [0.1, 0.15) is 0 Å². The fourth-order valence-electron chi connectivity index (χ4n) is 1.34. The van der Waals surface area contributed by atoms with E-state index >= 15 is 0 Å². The number of ether oxygens (including phenoxy) is 2. The van der Waals surface area contributed by atoms with Gasteiger partial charge in [-0.1, -0.05) is 12.1 Å². The first kappa shape index (κ1) is 22.2. The van der Waals surface area contributed by atoms with E-state index in [2.05, 4.69) is 4.74 Å².